The highest BCUT2D eigenvalue weighted by atomic mass is 16.5. The molecule has 0 aromatic heterocycles. The summed E-state index contributed by atoms with van der Waals surface area (Å²) >= 11 is 0. The molecular formula is C19H23NO2. The van der Waals surface area contributed by atoms with Crippen LogP contribution >= 0.6 is 0 Å². The standard InChI is InChI=1S/C19H23NO2/c1-14-7-9-16(10-8-14)19(18-13-20-11-12-21-18)22-17-6-4-3-5-15(17)2/h3-10,18-20H,11-13H2,1-2H3. The van der Waals surface area contributed by atoms with Crippen molar-refractivity contribution in [3.63, 3.8) is 0 Å². The van der Waals surface area contributed by atoms with Gasteiger partial charge in [-0.25, -0.2) is 0 Å². The van der Waals surface area contributed by atoms with E-state index >= 15 is 0 Å². The van der Waals surface area contributed by atoms with Crippen LogP contribution in [0, 0.1) is 13.8 Å². The lowest BCUT2D eigenvalue weighted by Crippen LogP contribution is -2.43. The van der Waals surface area contributed by atoms with Gasteiger partial charge in [-0.05, 0) is 31.0 Å². The van der Waals surface area contributed by atoms with Crippen LogP contribution in [0.3, 0.4) is 0 Å². The van der Waals surface area contributed by atoms with Crippen molar-refractivity contribution < 1.29 is 9.47 Å². The SMILES string of the molecule is Cc1ccc(C(Oc2ccccc2C)C2CNCCO2)cc1. The van der Waals surface area contributed by atoms with Gasteiger partial charge in [0.2, 0.25) is 0 Å². The largest absolute Gasteiger partial charge is 0.483 e. The van der Waals surface area contributed by atoms with Crippen LogP contribution in [0.25, 0.3) is 0 Å². The maximum Gasteiger partial charge on any atom is 0.151 e. The summed E-state index contributed by atoms with van der Waals surface area (Å²) in [5.74, 6) is 0.919. The molecule has 1 saturated heterocycles. The number of para-hydroxylation sites is 1. The first-order valence-corrected chi connectivity index (χ1v) is 7.85. The van der Waals surface area contributed by atoms with Gasteiger partial charge in [0.1, 0.15) is 11.9 Å². The molecule has 2 aromatic carbocycles. The first-order chi connectivity index (χ1) is 10.7. The summed E-state index contributed by atoms with van der Waals surface area (Å²) in [5.41, 5.74) is 3.55. The minimum absolute atomic E-state index is 0.0241. The van der Waals surface area contributed by atoms with Crippen molar-refractivity contribution >= 4 is 0 Å². The number of morpholine rings is 1. The number of nitrogens with one attached hydrogen (secondary N) is 1. The minimum atomic E-state index is -0.102. The van der Waals surface area contributed by atoms with E-state index < -0.39 is 0 Å². The molecule has 0 bridgehead atoms. The number of hydrogen-bond donors (Lipinski definition) is 1. The van der Waals surface area contributed by atoms with Crippen LogP contribution in [-0.2, 0) is 4.74 Å². The van der Waals surface area contributed by atoms with E-state index in [-0.39, 0.29) is 12.2 Å². The molecule has 1 aliphatic rings. The van der Waals surface area contributed by atoms with Crippen molar-refractivity contribution in [2.24, 2.45) is 0 Å². The molecule has 2 unspecified atom stereocenters. The average Bonchev–Trinajstić information content (AvgIpc) is 2.56. The van der Waals surface area contributed by atoms with E-state index in [2.05, 4.69) is 49.5 Å². The predicted octanol–water partition coefficient (Wildman–Crippen LogP) is 3.41. The second-order valence-electron chi connectivity index (χ2n) is 5.83. The molecule has 116 valence electrons. The van der Waals surface area contributed by atoms with Gasteiger partial charge in [0.05, 0.1) is 6.61 Å². The van der Waals surface area contributed by atoms with Crippen molar-refractivity contribution in [1.82, 2.24) is 5.32 Å². The molecule has 1 fully saturated rings. The zero-order valence-corrected chi connectivity index (χ0v) is 13.2. The van der Waals surface area contributed by atoms with Crippen molar-refractivity contribution in [1.29, 1.82) is 0 Å². The van der Waals surface area contributed by atoms with Crippen LogP contribution in [0.4, 0.5) is 0 Å². The van der Waals surface area contributed by atoms with Gasteiger partial charge in [-0.3, -0.25) is 0 Å². The Balaban J connectivity index is 1.88. The molecule has 0 saturated carbocycles. The first-order valence-electron chi connectivity index (χ1n) is 7.85. The third-order valence-electron chi connectivity index (χ3n) is 4.05. The normalized spacial score (nSPS) is 19.6. The Morgan fingerprint density at radius 2 is 1.86 bits per heavy atom. The Bertz CT molecular complexity index is 603. The van der Waals surface area contributed by atoms with Crippen molar-refractivity contribution in [3.05, 3.63) is 65.2 Å². The molecule has 3 rings (SSSR count). The molecule has 0 aliphatic carbocycles. The van der Waals surface area contributed by atoms with Gasteiger partial charge in [0.15, 0.2) is 6.10 Å². The second-order valence-corrected chi connectivity index (χ2v) is 5.83. The van der Waals surface area contributed by atoms with Crippen LogP contribution in [0.2, 0.25) is 0 Å². The van der Waals surface area contributed by atoms with Gasteiger partial charge in [0, 0.05) is 13.1 Å². The highest BCUT2D eigenvalue weighted by Crippen LogP contribution is 2.29. The fourth-order valence-corrected chi connectivity index (χ4v) is 2.72. The molecule has 2 aromatic rings. The van der Waals surface area contributed by atoms with Crippen molar-refractivity contribution in [3.8, 4) is 5.75 Å². The number of rotatable bonds is 4. The highest BCUT2D eigenvalue weighted by molar-refractivity contribution is 5.33. The van der Waals surface area contributed by atoms with Crippen LogP contribution in [-0.4, -0.2) is 25.8 Å². The van der Waals surface area contributed by atoms with Crippen LogP contribution in [0.15, 0.2) is 48.5 Å². The van der Waals surface area contributed by atoms with Gasteiger partial charge in [-0.2, -0.15) is 0 Å². The van der Waals surface area contributed by atoms with Crippen LogP contribution < -0.4 is 10.1 Å². The third-order valence-corrected chi connectivity index (χ3v) is 4.05. The molecule has 0 radical (unpaired) electrons. The van der Waals surface area contributed by atoms with Gasteiger partial charge >= 0.3 is 0 Å². The fraction of sp³-hybridized carbons (Fsp3) is 0.368. The van der Waals surface area contributed by atoms with E-state index in [1.165, 1.54) is 5.56 Å². The van der Waals surface area contributed by atoms with E-state index in [0.29, 0.717) is 0 Å². The van der Waals surface area contributed by atoms with E-state index in [4.69, 9.17) is 9.47 Å². The maximum absolute atomic E-state index is 6.35. The second kappa shape index (κ2) is 6.95. The Labute approximate surface area is 132 Å². The monoisotopic (exact) mass is 297 g/mol. The lowest BCUT2D eigenvalue weighted by molar-refractivity contribution is -0.0434. The number of aryl methyl sites for hydroxylation is 2. The van der Waals surface area contributed by atoms with Crippen molar-refractivity contribution in [2.75, 3.05) is 19.7 Å². The summed E-state index contributed by atoms with van der Waals surface area (Å²) in [5, 5.41) is 3.39. The average molecular weight is 297 g/mol. The third kappa shape index (κ3) is 3.49. The molecule has 1 aliphatic heterocycles. The summed E-state index contributed by atoms with van der Waals surface area (Å²) in [4.78, 5) is 0. The zero-order chi connectivity index (χ0) is 15.4. The summed E-state index contributed by atoms with van der Waals surface area (Å²) < 4.78 is 12.3. The van der Waals surface area contributed by atoms with Crippen LogP contribution in [0.1, 0.15) is 22.8 Å². The molecular weight excluding hydrogens is 274 g/mol. The van der Waals surface area contributed by atoms with Gasteiger partial charge in [0.25, 0.3) is 0 Å². The molecule has 1 heterocycles. The maximum atomic E-state index is 6.35. The van der Waals surface area contributed by atoms with E-state index in [9.17, 15) is 0 Å². The Morgan fingerprint density at radius 3 is 2.55 bits per heavy atom. The Kier molecular flexibility index (Phi) is 4.76. The molecule has 3 nitrogen and oxygen atoms in total. The molecule has 0 spiro atoms. The smallest absolute Gasteiger partial charge is 0.151 e. The van der Waals surface area contributed by atoms with Gasteiger partial charge in [-0.15, -0.1) is 0 Å². The lowest BCUT2D eigenvalue weighted by Gasteiger charge is -2.32. The van der Waals surface area contributed by atoms with E-state index in [1.54, 1.807) is 0 Å². The topological polar surface area (TPSA) is 30.5 Å². The molecule has 22 heavy (non-hydrogen) atoms. The molecule has 3 heteroatoms. The van der Waals surface area contributed by atoms with E-state index in [0.717, 1.165) is 36.6 Å². The predicted molar refractivity (Wildman–Crippen MR) is 88.3 cm³/mol. The molecule has 2 atom stereocenters. The van der Waals surface area contributed by atoms with E-state index in [1.807, 2.05) is 18.2 Å². The Hall–Kier alpha value is -1.84. The first kappa shape index (κ1) is 15.1. The van der Waals surface area contributed by atoms with Crippen molar-refractivity contribution in [2.45, 2.75) is 26.1 Å². The summed E-state index contributed by atoms with van der Waals surface area (Å²) in [7, 11) is 0. The highest BCUT2D eigenvalue weighted by Gasteiger charge is 2.28. The van der Waals surface area contributed by atoms with Gasteiger partial charge < -0.3 is 14.8 Å². The quantitative estimate of drug-likeness (QED) is 0.938. The fourth-order valence-electron chi connectivity index (χ4n) is 2.72. The van der Waals surface area contributed by atoms with Crippen LogP contribution in [0.5, 0.6) is 5.75 Å². The minimum Gasteiger partial charge on any atom is -0.483 e. The Morgan fingerprint density at radius 1 is 1.09 bits per heavy atom. The number of benzene rings is 2. The number of hydrogen-bond acceptors (Lipinski definition) is 3. The zero-order valence-electron chi connectivity index (χ0n) is 13.2. The van der Waals surface area contributed by atoms with Gasteiger partial charge in [-0.1, -0.05) is 48.0 Å². The number of ether oxygens (including phenoxy) is 2. The molecule has 0 amide bonds. The summed E-state index contributed by atoms with van der Waals surface area (Å²) in [6.07, 6.45) is -0.0782. The lowest BCUT2D eigenvalue weighted by atomic mass is 10.0. The molecule has 1 N–H and O–H groups in total. The summed E-state index contributed by atoms with van der Waals surface area (Å²) in [6.45, 7) is 6.61. The summed E-state index contributed by atoms with van der Waals surface area (Å²) in [6, 6.07) is 16.6.